The summed E-state index contributed by atoms with van der Waals surface area (Å²) in [5.41, 5.74) is 0.754. The molecule has 88 valence electrons. The van der Waals surface area contributed by atoms with Crippen molar-refractivity contribution in [1.29, 1.82) is 0 Å². The topological polar surface area (TPSA) is 55.1 Å². The Kier molecular flexibility index (Phi) is 2.91. The van der Waals surface area contributed by atoms with Gasteiger partial charge in [-0.05, 0) is 19.1 Å². The molecule has 5 heteroatoms. The molecule has 0 aliphatic heterocycles. The standard InChI is InChI=1S/C12H11FN2O2/c1-8(12(16)17)10-6-15(7-14-10)11-5-3-2-4-9(11)13/h2-8H,1H3,(H,16,17). The normalized spacial score (nSPS) is 12.4. The molecule has 1 aromatic carbocycles. The Morgan fingerprint density at radius 1 is 1.47 bits per heavy atom. The van der Waals surface area contributed by atoms with E-state index >= 15 is 0 Å². The highest BCUT2D eigenvalue weighted by Crippen LogP contribution is 2.17. The molecule has 0 saturated heterocycles. The number of rotatable bonds is 3. The molecule has 2 aromatic rings. The molecule has 4 nitrogen and oxygen atoms in total. The van der Waals surface area contributed by atoms with Gasteiger partial charge in [0.1, 0.15) is 5.82 Å². The van der Waals surface area contributed by atoms with E-state index in [0.717, 1.165) is 0 Å². The molecule has 0 radical (unpaired) electrons. The second kappa shape index (κ2) is 4.37. The van der Waals surface area contributed by atoms with Crippen LogP contribution in [-0.2, 0) is 4.79 Å². The molecule has 0 aliphatic rings. The summed E-state index contributed by atoms with van der Waals surface area (Å²) in [5.74, 6) is -2.04. The SMILES string of the molecule is CC(C(=O)O)c1cn(-c2ccccc2F)cn1. The van der Waals surface area contributed by atoms with Crippen LogP contribution >= 0.6 is 0 Å². The third-order valence-corrected chi connectivity index (χ3v) is 2.55. The molecular formula is C12H11FN2O2. The van der Waals surface area contributed by atoms with Crippen LogP contribution < -0.4 is 0 Å². The van der Waals surface area contributed by atoms with Crippen molar-refractivity contribution < 1.29 is 14.3 Å². The number of carbonyl (C=O) groups is 1. The number of hydrogen-bond acceptors (Lipinski definition) is 2. The third kappa shape index (κ3) is 2.18. The van der Waals surface area contributed by atoms with Crippen LogP contribution in [0.3, 0.4) is 0 Å². The lowest BCUT2D eigenvalue weighted by atomic mass is 10.1. The van der Waals surface area contributed by atoms with Gasteiger partial charge in [0.2, 0.25) is 0 Å². The molecule has 1 aromatic heterocycles. The molecule has 17 heavy (non-hydrogen) atoms. The van der Waals surface area contributed by atoms with Crippen molar-refractivity contribution in [3.05, 3.63) is 48.3 Å². The summed E-state index contributed by atoms with van der Waals surface area (Å²) in [7, 11) is 0. The average molecular weight is 234 g/mol. The molecule has 1 atom stereocenters. The van der Waals surface area contributed by atoms with E-state index in [1.54, 1.807) is 18.2 Å². The molecule has 1 heterocycles. The Bertz CT molecular complexity index is 551. The Balaban J connectivity index is 2.37. The number of nitrogens with zero attached hydrogens (tertiary/aromatic N) is 2. The Labute approximate surface area is 97.3 Å². The minimum atomic E-state index is -0.955. The van der Waals surface area contributed by atoms with Gasteiger partial charge in [0.05, 0.1) is 23.6 Å². The number of aliphatic carboxylic acids is 1. The third-order valence-electron chi connectivity index (χ3n) is 2.55. The van der Waals surface area contributed by atoms with Crippen molar-refractivity contribution in [2.45, 2.75) is 12.8 Å². The highest BCUT2D eigenvalue weighted by Gasteiger charge is 2.17. The molecular weight excluding hydrogens is 223 g/mol. The molecule has 0 aliphatic carbocycles. The molecule has 0 amide bonds. The number of imidazole rings is 1. The first-order chi connectivity index (χ1) is 8.09. The molecule has 2 rings (SSSR count). The van der Waals surface area contributed by atoms with E-state index in [4.69, 9.17) is 5.11 Å². The van der Waals surface area contributed by atoms with Gasteiger partial charge in [-0.1, -0.05) is 12.1 Å². The monoisotopic (exact) mass is 234 g/mol. The fourth-order valence-corrected chi connectivity index (χ4v) is 1.48. The van der Waals surface area contributed by atoms with E-state index in [1.807, 2.05) is 0 Å². The Morgan fingerprint density at radius 2 is 2.18 bits per heavy atom. The number of benzene rings is 1. The zero-order valence-electron chi connectivity index (χ0n) is 9.17. The summed E-state index contributed by atoms with van der Waals surface area (Å²) < 4.78 is 15.0. The predicted octanol–water partition coefficient (Wildman–Crippen LogP) is 2.20. The first kappa shape index (κ1) is 11.3. The molecule has 0 bridgehead atoms. The summed E-state index contributed by atoms with van der Waals surface area (Å²) in [5, 5.41) is 8.85. The minimum Gasteiger partial charge on any atom is -0.481 e. The second-order valence-corrected chi connectivity index (χ2v) is 3.72. The predicted molar refractivity (Wildman–Crippen MR) is 59.6 cm³/mol. The Hall–Kier alpha value is -2.17. The smallest absolute Gasteiger partial charge is 0.312 e. The van der Waals surface area contributed by atoms with Gasteiger partial charge in [0.15, 0.2) is 0 Å². The Morgan fingerprint density at radius 3 is 2.82 bits per heavy atom. The van der Waals surface area contributed by atoms with Crippen LogP contribution in [0.4, 0.5) is 4.39 Å². The number of halogens is 1. The maximum absolute atomic E-state index is 13.5. The van der Waals surface area contributed by atoms with Gasteiger partial charge >= 0.3 is 5.97 Å². The highest BCUT2D eigenvalue weighted by molar-refractivity contribution is 5.74. The van der Waals surface area contributed by atoms with E-state index in [1.165, 1.54) is 30.1 Å². The van der Waals surface area contributed by atoms with Gasteiger partial charge in [-0.25, -0.2) is 9.37 Å². The molecule has 0 spiro atoms. The molecule has 1 N–H and O–H groups in total. The van der Waals surface area contributed by atoms with Crippen LogP contribution in [-0.4, -0.2) is 20.6 Å². The average Bonchev–Trinajstić information content (AvgIpc) is 2.77. The van der Waals surface area contributed by atoms with E-state index in [2.05, 4.69) is 4.98 Å². The fraction of sp³-hybridized carbons (Fsp3) is 0.167. The van der Waals surface area contributed by atoms with Gasteiger partial charge in [0.25, 0.3) is 0 Å². The van der Waals surface area contributed by atoms with Gasteiger partial charge in [-0.2, -0.15) is 0 Å². The summed E-state index contributed by atoms with van der Waals surface area (Å²) >= 11 is 0. The lowest BCUT2D eigenvalue weighted by Gasteiger charge is -2.03. The van der Waals surface area contributed by atoms with Gasteiger partial charge in [-0.3, -0.25) is 4.79 Å². The van der Waals surface area contributed by atoms with Crippen molar-refractivity contribution in [3.63, 3.8) is 0 Å². The van der Waals surface area contributed by atoms with Crippen LogP contribution in [0.15, 0.2) is 36.8 Å². The summed E-state index contributed by atoms with van der Waals surface area (Å²) in [4.78, 5) is 14.8. The van der Waals surface area contributed by atoms with E-state index in [0.29, 0.717) is 11.4 Å². The van der Waals surface area contributed by atoms with Crippen molar-refractivity contribution in [2.75, 3.05) is 0 Å². The van der Waals surface area contributed by atoms with Crippen LogP contribution in [0.1, 0.15) is 18.5 Å². The van der Waals surface area contributed by atoms with E-state index < -0.39 is 11.9 Å². The highest BCUT2D eigenvalue weighted by atomic mass is 19.1. The van der Waals surface area contributed by atoms with Crippen LogP contribution in [0.5, 0.6) is 0 Å². The van der Waals surface area contributed by atoms with Crippen molar-refractivity contribution >= 4 is 5.97 Å². The number of hydrogen-bond donors (Lipinski definition) is 1. The van der Waals surface area contributed by atoms with E-state index in [-0.39, 0.29) is 5.82 Å². The van der Waals surface area contributed by atoms with Gasteiger partial charge in [0, 0.05) is 6.20 Å². The van der Waals surface area contributed by atoms with Crippen molar-refractivity contribution in [2.24, 2.45) is 0 Å². The summed E-state index contributed by atoms with van der Waals surface area (Å²) in [6.45, 7) is 1.54. The zero-order chi connectivity index (χ0) is 12.4. The first-order valence-electron chi connectivity index (χ1n) is 5.11. The summed E-state index contributed by atoms with van der Waals surface area (Å²) in [6.07, 6.45) is 2.93. The number of carboxylic acids is 1. The second-order valence-electron chi connectivity index (χ2n) is 3.72. The van der Waals surface area contributed by atoms with Gasteiger partial charge in [-0.15, -0.1) is 0 Å². The van der Waals surface area contributed by atoms with Crippen molar-refractivity contribution in [3.8, 4) is 5.69 Å². The van der Waals surface area contributed by atoms with Crippen LogP contribution in [0.25, 0.3) is 5.69 Å². The largest absolute Gasteiger partial charge is 0.481 e. The van der Waals surface area contributed by atoms with E-state index in [9.17, 15) is 9.18 Å². The maximum atomic E-state index is 13.5. The number of aromatic nitrogens is 2. The van der Waals surface area contributed by atoms with Gasteiger partial charge < -0.3 is 9.67 Å². The zero-order valence-corrected chi connectivity index (χ0v) is 9.17. The summed E-state index contributed by atoms with van der Waals surface area (Å²) in [6, 6.07) is 6.25. The first-order valence-corrected chi connectivity index (χ1v) is 5.11. The van der Waals surface area contributed by atoms with Crippen LogP contribution in [0.2, 0.25) is 0 Å². The quantitative estimate of drug-likeness (QED) is 0.885. The molecule has 0 fully saturated rings. The minimum absolute atomic E-state index is 0.351. The lowest BCUT2D eigenvalue weighted by Crippen LogP contribution is -2.07. The van der Waals surface area contributed by atoms with Crippen LogP contribution in [0, 0.1) is 5.82 Å². The molecule has 0 saturated carbocycles. The molecule has 1 unspecified atom stereocenters. The lowest BCUT2D eigenvalue weighted by molar-refractivity contribution is -0.138. The number of carboxylic acid groups (broad SMARTS) is 1. The number of para-hydroxylation sites is 1. The maximum Gasteiger partial charge on any atom is 0.312 e. The fourth-order valence-electron chi connectivity index (χ4n) is 1.48. The van der Waals surface area contributed by atoms with Crippen molar-refractivity contribution in [1.82, 2.24) is 9.55 Å².